The number of esters is 1. The first-order valence-corrected chi connectivity index (χ1v) is 11.3. The molecule has 1 N–H and O–H groups in total. The van der Waals surface area contributed by atoms with E-state index < -0.39 is 11.5 Å². The van der Waals surface area contributed by atoms with Gasteiger partial charge in [0.2, 0.25) is 0 Å². The fourth-order valence-corrected chi connectivity index (χ4v) is 4.20. The van der Waals surface area contributed by atoms with Crippen LogP contribution in [0.4, 0.5) is 5.82 Å². The van der Waals surface area contributed by atoms with Gasteiger partial charge in [-0.2, -0.15) is 0 Å². The van der Waals surface area contributed by atoms with E-state index in [2.05, 4.69) is 15.5 Å². The van der Waals surface area contributed by atoms with Crippen molar-refractivity contribution in [3.8, 4) is 5.88 Å². The summed E-state index contributed by atoms with van der Waals surface area (Å²) in [6.45, 7) is 2.91. The van der Waals surface area contributed by atoms with Gasteiger partial charge >= 0.3 is 5.97 Å². The number of hydrogen-bond donors (Lipinski definition) is 1. The van der Waals surface area contributed by atoms with Gasteiger partial charge in [-0.05, 0) is 48.7 Å². The molecule has 5 rings (SSSR count). The fraction of sp³-hybridized carbons (Fsp3) is 0.333. The third kappa shape index (κ3) is 4.31. The number of amides is 1. The van der Waals surface area contributed by atoms with Crippen LogP contribution in [0.15, 0.2) is 47.1 Å². The lowest BCUT2D eigenvalue weighted by atomic mass is 10.0. The van der Waals surface area contributed by atoms with Crippen molar-refractivity contribution >= 4 is 29.3 Å². The molecule has 2 aliphatic rings. The van der Waals surface area contributed by atoms with Crippen LogP contribution >= 0.6 is 11.6 Å². The molecule has 0 atom stereocenters. The van der Waals surface area contributed by atoms with E-state index in [1.165, 1.54) is 13.3 Å². The largest absolute Gasteiger partial charge is 0.468 e. The smallest absolute Gasteiger partial charge is 0.337 e. The highest BCUT2D eigenvalue weighted by atomic mass is 35.5. The minimum absolute atomic E-state index is 0.0824. The summed E-state index contributed by atoms with van der Waals surface area (Å²) in [6, 6.07) is 10.5. The Bertz CT molecular complexity index is 1230. The quantitative estimate of drug-likeness (QED) is 0.510. The number of nitrogens with one attached hydrogen (secondary N) is 1. The summed E-state index contributed by atoms with van der Waals surface area (Å²) in [7, 11) is 1.34. The van der Waals surface area contributed by atoms with Gasteiger partial charge in [-0.25, -0.2) is 9.78 Å². The van der Waals surface area contributed by atoms with Crippen LogP contribution in [0, 0.1) is 6.92 Å². The van der Waals surface area contributed by atoms with Gasteiger partial charge in [0.1, 0.15) is 17.7 Å². The van der Waals surface area contributed by atoms with Crippen molar-refractivity contribution < 1.29 is 23.6 Å². The van der Waals surface area contributed by atoms with Gasteiger partial charge in [0.05, 0.1) is 41.9 Å². The van der Waals surface area contributed by atoms with Crippen molar-refractivity contribution in [2.45, 2.75) is 31.4 Å². The topological polar surface area (TPSA) is 107 Å². The number of ether oxygens (including phenoxy) is 2. The Morgan fingerprint density at radius 3 is 2.56 bits per heavy atom. The van der Waals surface area contributed by atoms with Crippen molar-refractivity contribution in [1.82, 2.24) is 15.5 Å². The molecule has 1 saturated heterocycles. The van der Waals surface area contributed by atoms with E-state index in [1.54, 1.807) is 31.2 Å². The number of methoxy groups -OCH3 is 1. The molecule has 2 aromatic heterocycles. The molecule has 34 heavy (non-hydrogen) atoms. The van der Waals surface area contributed by atoms with E-state index in [9.17, 15) is 9.59 Å². The number of rotatable bonds is 7. The molecule has 0 radical (unpaired) electrons. The van der Waals surface area contributed by atoms with E-state index in [0.717, 1.165) is 18.4 Å². The Kier molecular flexibility index (Phi) is 5.65. The summed E-state index contributed by atoms with van der Waals surface area (Å²) >= 11 is 6.18. The normalized spacial score (nSPS) is 16.5. The highest BCUT2D eigenvalue weighted by Gasteiger charge is 2.46. The molecule has 3 heterocycles. The number of carbonyl (C=O) groups excluding carboxylic acids is 2. The van der Waals surface area contributed by atoms with Gasteiger partial charge in [-0.3, -0.25) is 4.79 Å². The number of benzene rings is 1. The zero-order valence-corrected chi connectivity index (χ0v) is 19.5. The standard InChI is InChI=1S/C24H23ClN4O5/c1-14-9-20(28-34-14)33-18-12-29(13-18)21-19(10-17(25)11-26-21)22(30)27-24(7-8-24)16-5-3-15(4-6-16)23(31)32-2/h3-6,9-11,18H,7-8,12-13H2,1-2H3,(H,27,30). The van der Waals surface area contributed by atoms with Crippen molar-refractivity contribution in [2.24, 2.45) is 0 Å². The highest BCUT2D eigenvalue weighted by molar-refractivity contribution is 6.31. The lowest BCUT2D eigenvalue weighted by molar-refractivity contribution is 0.0600. The maximum absolute atomic E-state index is 13.3. The van der Waals surface area contributed by atoms with Gasteiger partial charge < -0.3 is 24.2 Å². The molecule has 9 nitrogen and oxygen atoms in total. The van der Waals surface area contributed by atoms with Gasteiger partial charge in [0, 0.05) is 12.3 Å². The number of halogens is 1. The highest BCUT2D eigenvalue weighted by Crippen LogP contribution is 2.46. The van der Waals surface area contributed by atoms with Crippen LogP contribution in [0.2, 0.25) is 5.02 Å². The first-order chi connectivity index (χ1) is 16.4. The molecular formula is C24H23ClN4O5. The van der Waals surface area contributed by atoms with E-state index in [-0.39, 0.29) is 12.0 Å². The Balaban J connectivity index is 1.29. The summed E-state index contributed by atoms with van der Waals surface area (Å²) in [5.41, 5.74) is 1.33. The van der Waals surface area contributed by atoms with Crippen LogP contribution in [0.1, 0.15) is 44.9 Å². The average Bonchev–Trinajstić information content (AvgIpc) is 3.48. The van der Waals surface area contributed by atoms with Crippen LogP contribution < -0.4 is 15.0 Å². The summed E-state index contributed by atoms with van der Waals surface area (Å²) in [5.74, 6) is 1.02. The molecular weight excluding hydrogens is 460 g/mol. The van der Waals surface area contributed by atoms with Crippen LogP contribution in [0.25, 0.3) is 0 Å². The summed E-state index contributed by atoms with van der Waals surface area (Å²) < 4.78 is 15.6. The van der Waals surface area contributed by atoms with Crippen molar-refractivity contribution in [3.05, 3.63) is 70.1 Å². The molecule has 0 unspecified atom stereocenters. The first kappa shape index (κ1) is 22.2. The maximum atomic E-state index is 13.3. The number of aromatic nitrogens is 2. The molecule has 0 spiro atoms. The Morgan fingerprint density at radius 1 is 1.21 bits per heavy atom. The third-order valence-corrected chi connectivity index (χ3v) is 6.29. The minimum Gasteiger partial charge on any atom is -0.468 e. The van der Waals surface area contributed by atoms with E-state index in [1.807, 2.05) is 17.0 Å². The SMILES string of the molecule is COC(=O)c1ccc(C2(NC(=O)c3cc(Cl)cnc3N3CC(Oc4cc(C)on4)C3)CC2)cc1. The number of nitrogens with zero attached hydrogens (tertiary/aromatic N) is 3. The van der Waals surface area contributed by atoms with E-state index in [0.29, 0.717) is 46.7 Å². The van der Waals surface area contributed by atoms with E-state index in [4.69, 9.17) is 25.6 Å². The molecule has 2 fully saturated rings. The predicted molar refractivity (Wildman–Crippen MR) is 123 cm³/mol. The van der Waals surface area contributed by atoms with E-state index >= 15 is 0 Å². The van der Waals surface area contributed by atoms with Gasteiger partial charge in [0.25, 0.3) is 11.8 Å². The zero-order valence-electron chi connectivity index (χ0n) is 18.7. The van der Waals surface area contributed by atoms with Gasteiger partial charge in [0.15, 0.2) is 0 Å². The molecule has 10 heteroatoms. The second-order valence-electron chi connectivity index (χ2n) is 8.55. The molecule has 1 amide bonds. The van der Waals surface area contributed by atoms with Crippen LogP contribution in [-0.2, 0) is 10.3 Å². The monoisotopic (exact) mass is 482 g/mol. The lowest BCUT2D eigenvalue weighted by Crippen LogP contribution is -2.55. The minimum atomic E-state index is -0.475. The summed E-state index contributed by atoms with van der Waals surface area (Å²) in [6.07, 6.45) is 3.05. The molecule has 1 aliphatic carbocycles. The Labute approximate surface area is 201 Å². The number of aryl methyl sites for hydroxylation is 1. The number of hydrogen-bond acceptors (Lipinski definition) is 8. The van der Waals surface area contributed by atoms with Crippen molar-refractivity contribution in [3.63, 3.8) is 0 Å². The lowest BCUT2D eigenvalue weighted by Gasteiger charge is -2.40. The van der Waals surface area contributed by atoms with Gasteiger partial charge in [-0.1, -0.05) is 23.7 Å². The zero-order chi connectivity index (χ0) is 23.9. The Morgan fingerprint density at radius 2 is 1.94 bits per heavy atom. The number of carbonyl (C=O) groups is 2. The third-order valence-electron chi connectivity index (χ3n) is 6.08. The summed E-state index contributed by atoms with van der Waals surface area (Å²) in [4.78, 5) is 31.4. The van der Waals surface area contributed by atoms with Crippen LogP contribution in [-0.4, -0.2) is 48.3 Å². The first-order valence-electron chi connectivity index (χ1n) is 10.9. The average molecular weight is 483 g/mol. The van der Waals surface area contributed by atoms with Crippen molar-refractivity contribution in [2.75, 3.05) is 25.1 Å². The molecule has 3 aromatic rings. The predicted octanol–water partition coefficient (Wildman–Crippen LogP) is 3.50. The second kappa shape index (κ2) is 8.64. The fourth-order valence-electron chi connectivity index (χ4n) is 4.05. The van der Waals surface area contributed by atoms with Crippen LogP contribution in [0.5, 0.6) is 5.88 Å². The molecule has 1 aliphatic heterocycles. The van der Waals surface area contributed by atoms with Crippen molar-refractivity contribution in [1.29, 1.82) is 0 Å². The summed E-state index contributed by atoms with van der Waals surface area (Å²) in [5, 5.41) is 7.39. The molecule has 1 aromatic carbocycles. The molecule has 176 valence electrons. The molecule has 1 saturated carbocycles. The Hall–Kier alpha value is -3.59. The maximum Gasteiger partial charge on any atom is 0.337 e. The number of anilines is 1. The van der Waals surface area contributed by atoms with Crippen LogP contribution in [0.3, 0.4) is 0 Å². The second-order valence-corrected chi connectivity index (χ2v) is 8.99. The number of pyridine rings is 1. The molecule has 0 bridgehead atoms. The van der Waals surface area contributed by atoms with Gasteiger partial charge in [-0.15, -0.1) is 0 Å².